The number of hydrogen-bond acceptors (Lipinski definition) is 4. The fourth-order valence-electron chi connectivity index (χ4n) is 3.50. The molecule has 176 valence electrons. The van der Waals surface area contributed by atoms with E-state index in [4.69, 9.17) is 4.74 Å². The van der Waals surface area contributed by atoms with Crippen molar-refractivity contribution in [3.8, 4) is 0 Å². The first-order valence-electron chi connectivity index (χ1n) is 11.3. The van der Waals surface area contributed by atoms with E-state index in [2.05, 4.69) is 26.1 Å². The predicted octanol–water partition coefficient (Wildman–Crippen LogP) is 5.50. The molecule has 0 radical (unpaired) electrons. The highest BCUT2D eigenvalue weighted by Gasteiger charge is 2.26. The molecule has 0 aliphatic carbocycles. The molecule has 0 saturated heterocycles. The van der Waals surface area contributed by atoms with E-state index in [0.29, 0.717) is 16.7 Å². The van der Waals surface area contributed by atoms with Gasteiger partial charge in [0.05, 0.1) is 0 Å². The topological polar surface area (TPSA) is 72.5 Å². The molecule has 0 spiro atoms. The Kier molecular flexibility index (Phi) is 7.67. The molecule has 0 bridgehead atoms. The molecule has 0 saturated carbocycles. The maximum Gasteiger partial charge on any atom is 0.326 e. The Labute approximate surface area is 201 Å². The molecule has 5 nitrogen and oxygen atoms in total. The number of esters is 1. The van der Waals surface area contributed by atoms with Crippen LogP contribution in [0.5, 0.6) is 0 Å². The van der Waals surface area contributed by atoms with Gasteiger partial charge in [0.25, 0.3) is 5.91 Å². The number of ketones is 1. The number of ether oxygens (including phenoxy) is 1. The zero-order chi connectivity index (χ0) is 24.9. The molecule has 0 aliphatic rings. The molecule has 1 N–H and O–H groups in total. The van der Waals surface area contributed by atoms with Crippen molar-refractivity contribution in [2.45, 2.75) is 46.1 Å². The van der Waals surface area contributed by atoms with Crippen LogP contribution in [0.4, 0.5) is 0 Å². The number of carbonyl (C=O) groups is 3. The molecular formula is C29H31NO4. The Bertz CT molecular complexity index is 1180. The minimum atomic E-state index is -1.10. The quantitative estimate of drug-likeness (QED) is 0.376. The number of rotatable bonds is 7. The monoisotopic (exact) mass is 457 g/mol. The number of aryl methyl sites for hydroxylation is 2. The van der Waals surface area contributed by atoms with Gasteiger partial charge in [-0.3, -0.25) is 14.4 Å². The number of Topliss-reactive ketones (excluding diaryl/α,β-unsaturated/α-hetero) is 1. The lowest BCUT2D eigenvalue weighted by molar-refractivity contribution is -0.146. The van der Waals surface area contributed by atoms with Crippen molar-refractivity contribution in [2.75, 3.05) is 6.54 Å². The molecular weight excluding hydrogens is 426 g/mol. The van der Waals surface area contributed by atoms with Crippen molar-refractivity contribution < 1.29 is 19.1 Å². The van der Waals surface area contributed by atoms with Gasteiger partial charge in [-0.2, -0.15) is 0 Å². The molecule has 0 aromatic heterocycles. The molecule has 1 atom stereocenters. The third-order valence-corrected chi connectivity index (χ3v) is 5.79. The van der Waals surface area contributed by atoms with Crippen LogP contribution in [0.3, 0.4) is 0 Å². The summed E-state index contributed by atoms with van der Waals surface area (Å²) in [5.41, 5.74) is 4.63. The van der Waals surface area contributed by atoms with Crippen LogP contribution in [0.25, 0.3) is 0 Å². The van der Waals surface area contributed by atoms with Crippen molar-refractivity contribution in [2.24, 2.45) is 0 Å². The molecule has 5 heteroatoms. The second-order valence-corrected chi connectivity index (χ2v) is 9.45. The van der Waals surface area contributed by atoms with Crippen molar-refractivity contribution >= 4 is 17.7 Å². The Balaban J connectivity index is 1.70. The number of benzene rings is 3. The zero-order valence-corrected chi connectivity index (χ0v) is 20.3. The highest BCUT2D eigenvalue weighted by molar-refractivity contribution is 6.01. The normalized spacial score (nSPS) is 12.0. The summed E-state index contributed by atoms with van der Waals surface area (Å²) in [5.74, 6) is -1.38. The van der Waals surface area contributed by atoms with Crippen molar-refractivity contribution in [3.05, 3.63) is 106 Å². The lowest BCUT2D eigenvalue weighted by Crippen LogP contribution is -2.32. The van der Waals surface area contributed by atoms with Crippen LogP contribution in [0.15, 0.2) is 72.8 Å². The van der Waals surface area contributed by atoms with E-state index < -0.39 is 12.1 Å². The maximum absolute atomic E-state index is 13.3. The van der Waals surface area contributed by atoms with Crippen molar-refractivity contribution in [3.63, 3.8) is 0 Å². The first-order valence-corrected chi connectivity index (χ1v) is 11.3. The van der Waals surface area contributed by atoms with Crippen LogP contribution in [-0.2, 0) is 14.9 Å². The van der Waals surface area contributed by atoms with Crippen molar-refractivity contribution in [1.29, 1.82) is 0 Å². The summed E-state index contributed by atoms with van der Waals surface area (Å²) in [7, 11) is 0. The Hall–Kier alpha value is -3.73. The van der Waals surface area contributed by atoms with Gasteiger partial charge in [0.15, 0.2) is 6.10 Å². The first-order chi connectivity index (χ1) is 16.1. The van der Waals surface area contributed by atoms with Crippen LogP contribution < -0.4 is 5.32 Å². The predicted molar refractivity (Wildman–Crippen MR) is 133 cm³/mol. The Morgan fingerprint density at radius 2 is 1.44 bits per heavy atom. The van der Waals surface area contributed by atoms with Gasteiger partial charge in [0.1, 0.15) is 6.54 Å². The highest BCUT2D eigenvalue weighted by Crippen LogP contribution is 2.24. The standard InChI is InChI=1S/C29H31NO4/c1-19-11-12-23(17-20(19)2)26(32)27(21-9-7-6-8-10-21)34-25(31)18-30-28(33)22-13-15-24(16-14-22)29(3,4)5/h6-17,27H,18H2,1-5H3,(H,30,33)/t27-/m0/s1. The molecule has 0 unspecified atom stereocenters. The summed E-state index contributed by atoms with van der Waals surface area (Å²) in [6, 6.07) is 21.6. The second-order valence-electron chi connectivity index (χ2n) is 9.45. The average Bonchev–Trinajstić information content (AvgIpc) is 2.82. The summed E-state index contributed by atoms with van der Waals surface area (Å²) in [6.45, 7) is 9.85. The molecule has 0 fully saturated rings. The van der Waals surface area contributed by atoms with Crippen LogP contribution in [0, 0.1) is 13.8 Å². The van der Waals surface area contributed by atoms with Crippen molar-refractivity contribution in [1.82, 2.24) is 5.32 Å². The number of hydrogen-bond donors (Lipinski definition) is 1. The fourth-order valence-corrected chi connectivity index (χ4v) is 3.50. The molecule has 3 aromatic carbocycles. The number of carbonyl (C=O) groups excluding carboxylic acids is 3. The van der Waals surface area contributed by atoms with Crippen LogP contribution >= 0.6 is 0 Å². The average molecular weight is 458 g/mol. The molecule has 0 heterocycles. The van der Waals surface area contributed by atoms with Gasteiger partial charge >= 0.3 is 5.97 Å². The SMILES string of the molecule is Cc1ccc(C(=O)[C@@H](OC(=O)CNC(=O)c2ccc(C(C)(C)C)cc2)c2ccccc2)cc1C. The lowest BCUT2D eigenvalue weighted by Gasteiger charge is -2.19. The van der Waals surface area contributed by atoms with Gasteiger partial charge in [0, 0.05) is 16.7 Å². The van der Waals surface area contributed by atoms with Crippen LogP contribution in [0.1, 0.15) is 69.8 Å². The van der Waals surface area contributed by atoms with Gasteiger partial charge in [-0.1, -0.05) is 75.4 Å². The summed E-state index contributed by atoms with van der Waals surface area (Å²) >= 11 is 0. The van der Waals surface area contributed by atoms with E-state index in [9.17, 15) is 14.4 Å². The van der Waals surface area contributed by atoms with E-state index in [1.54, 1.807) is 48.5 Å². The summed E-state index contributed by atoms with van der Waals surface area (Å²) in [5, 5.41) is 2.58. The molecule has 0 aliphatic heterocycles. The van der Waals surface area contributed by atoms with Gasteiger partial charge < -0.3 is 10.1 Å². The first kappa shape index (κ1) is 24.9. The molecule has 1 amide bonds. The second kappa shape index (κ2) is 10.5. The maximum atomic E-state index is 13.3. The minimum Gasteiger partial charge on any atom is -0.448 e. The van der Waals surface area contributed by atoms with E-state index in [-0.39, 0.29) is 23.7 Å². The van der Waals surface area contributed by atoms with E-state index in [1.165, 1.54) is 0 Å². The smallest absolute Gasteiger partial charge is 0.326 e. The Morgan fingerprint density at radius 3 is 2.03 bits per heavy atom. The molecule has 3 rings (SSSR count). The van der Waals surface area contributed by atoms with Crippen LogP contribution in [0.2, 0.25) is 0 Å². The largest absolute Gasteiger partial charge is 0.448 e. The highest BCUT2D eigenvalue weighted by atomic mass is 16.5. The minimum absolute atomic E-state index is 0.0200. The summed E-state index contributed by atoms with van der Waals surface area (Å²) in [6.07, 6.45) is -1.10. The fraction of sp³-hybridized carbons (Fsp3) is 0.276. The number of nitrogens with one attached hydrogen (secondary N) is 1. The van der Waals surface area contributed by atoms with E-state index >= 15 is 0 Å². The van der Waals surface area contributed by atoms with Gasteiger partial charge in [-0.15, -0.1) is 0 Å². The summed E-state index contributed by atoms with van der Waals surface area (Å²) in [4.78, 5) is 38.4. The molecule has 3 aromatic rings. The third-order valence-electron chi connectivity index (χ3n) is 5.79. The lowest BCUT2D eigenvalue weighted by atomic mass is 9.87. The van der Waals surface area contributed by atoms with E-state index in [1.807, 2.05) is 38.1 Å². The van der Waals surface area contributed by atoms with Gasteiger partial charge in [-0.05, 0) is 54.2 Å². The van der Waals surface area contributed by atoms with Gasteiger partial charge in [-0.25, -0.2) is 0 Å². The summed E-state index contributed by atoms with van der Waals surface area (Å²) < 4.78 is 5.57. The zero-order valence-electron chi connectivity index (χ0n) is 20.3. The Morgan fingerprint density at radius 1 is 0.824 bits per heavy atom. The molecule has 34 heavy (non-hydrogen) atoms. The van der Waals surface area contributed by atoms with Crippen LogP contribution in [-0.4, -0.2) is 24.2 Å². The number of amides is 1. The van der Waals surface area contributed by atoms with E-state index in [0.717, 1.165) is 16.7 Å². The third kappa shape index (κ3) is 6.19. The van der Waals surface area contributed by atoms with Gasteiger partial charge in [0.2, 0.25) is 5.78 Å².